The zero-order valence-electron chi connectivity index (χ0n) is 24.7. The molecule has 0 aliphatic heterocycles. The van der Waals surface area contributed by atoms with Crippen molar-refractivity contribution >= 4 is 23.6 Å². The molecule has 0 saturated heterocycles. The van der Waals surface area contributed by atoms with Crippen molar-refractivity contribution in [1.82, 2.24) is 0 Å². The van der Waals surface area contributed by atoms with Crippen LogP contribution in [-0.4, -0.2) is 117 Å². The van der Waals surface area contributed by atoms with E-state index in [2.05, 4.69) is 13.2 Å². The molecule has 0 bridgehead atoms. The molecule has 2 unspecified atom stereocenters. The normalized spacial score (nSPS) is 12.2. The van der Waals surface area contributed by atoms with E-state index >= 15 is 0 Å². The number of nitrogens with zero attached hydrogens (tertiary/aromatic N) is 1. The van der Waals surface area contributed by atoms with E-state index in [1.54, 1.807) is 19.1 Å². The van der Waals surface area contributed by atoms with Crippen molar-refractivity contribution in [3.05, 3.63) is 55.1 Å². The monoisotopic (exact) mass is 597 g/mol. The standard InChI is InChI=1S/C29H43NO12/c1-6-27(31)39-18-15-34-12-13-36-22-37-20-26(21-41-29(33)24-8-10-25(11-9-24)30(4)5)42-23(3)38-17-14-35-16-19-40-28(32)7-2/h6-11,23,26H,1-2,12-22H2,3-5H3. The third-order valence-corrected chi connectivity index (χ3v) is 5.10. The summed E-state index contributed by atoms with van der Waals surface area (Å²) in [5.74, 6) is -1.52. The number of hydrogen-bond donors (Lipinski definition) is 0. The molecule has 0 amide bonds. The van der Waals surface area contributed by atoms with Crippen LogP contribution in [0, 0.1) is 0 Å². The molecule has 0 aliphatic rings. The van der Waals surface area contributed by atoms with Crippen LogP contribution in [0.3, 0.4) is 0 Å². The van der Waals surface area contributed by atoms with Gasteiger partial charge in [0.1, 0.15) is 32.7 Å². The highest BCUT2D eigenvalue weighted by molar-refractivity contribution is 5.89. The van der Waals surface area contributed by atoms with Crippen molar-refractivity contribution < 1.29 is 57.0 Å². The van der Waals surface area contributed by atoms with E-state index in [1.807, 2.05) is 31.1 Å². The molecule has 0 saturated carbocycles. The third-order valence-electron chi connectivity index (χ3n) is 5.10. The second-order valence-electron chi connectivity index (χ2n) is 8.60. The first kappa shape index (κ1) is 36.7. The fourth-order valence-corrected chi connectivity index (χ4v) is 3.00. The number of rotatable bonds is 25. The lowest BCUT2D eigenvalue weighted by Gasteiger charge is -2.22. The van der Waals surface area contributed by atoms with Gasteiger partial charge in [-0.05, 0) is 31.2 Å². The molecule has 0 heterocycles. The predicted octanol–water partition coefficient (Wildman–Crippen LogP) is 2.14. The third kappa shape index (κ3) is 18.2. The number of benzene rings is 1. The van der Waals surface area contributed by atoms with E-state index in [-0.39, 0.29) is 72.9 Å². The summed E-state index contributed by atoms with van der Waals surface area (Å²) < 4.78 is 48.1. The summed E-state index contributed by atoms with van der Waals surface area (Å²) in [6, 6.07) is 7.02. The van der Waals surface area contributed by atoms with E-state index in [4.69, 9.17) is 42.6 Å². The Morgan fingerprint density at radius 1 is 0.738 bits per heavy atom. The number of hydrogen-bond acceptors (Lipinski definition) is 13. The number of carbonyl (C=O) groups is 3. The minimum Gasteiger partial charge on any atom is -0.460 e. The lowest BCUT2D eigenvalue weighted by atomic mass is 10.2. The Morgan fingerprint density at radius 3 is 1.86 bits per heavy atom. The van der Waals surface area contributed by atoms with Crippen molar-refractivity contribution in [3.8, 4) is 0 Å². The molecule has 1 rings (SSSR count). The molecule has 0 radical (unpaired) electrons. The smallest absolute Gasteiger partial charge is 0.338 e. The average Bonchev–Trinajstić information content (AvgIpc) is 2.99. The van der Waals surface area contributed by atoms with Crippen LogP contribution in [0.5, 0.6) is 0 Å². The largest absolute Gasteiger partial charge is 0.460 e. The molecule has 0 aliphatic carbocycles. The summed E-state index contributed by atoms with van der Waals surface area (Å²) in [7, 11) is 3.82. The van der Waals surface area contributed by atoms with Crippen molar-refractivity contribution in [2.24, 2.45) is 0 Å². The number of anilines is 1. The van der Waals surface area contributed by atoms with Gasteiger partial charge in [0, 0.05) is 31.9 Å². The number of ether oxygens (including phenoxy) is 9. The summed E-state index contributed by atoms with van der Waals surface area (Å²) in [5.41, 5.74) is 1.36. The Bertz CT molecular complexity index is 922. The van der Waals surface area contributed by atoms with Crippen LogP contribution in [0.15, 0.2) is 49.6 Å². The van der Waals surface area contributed by atoms with Gasteiger partial charge in [-0.15, -0.1) is 0 Å². The Balaban J connectivity index is 2.41. The fourth-order valence-electron chi connectivity index (χ4n) is 3.00. The van der Waals surface area contributed by atoms with Crippen LogP contribution < -0.4 is 4.90 Å². The van der Waals surface area contributed by atoms with Crippen molar-refractivity contribution in [3.63, 3.8) is 0 Å². The molecule has 0 spiro atoms. The van der Waals surface area contributed by atoms with E-state index < -0.39 is 30.3 Å². The summed E-state index contributed by atoms with van der Waals surface area (Å²) in [4.78, 5) is 36.4. The molecule has 1 aromatic carbocycles. The SMILES string of the molecule is C=CC(=O)OCCOCCOCOCC(COC(=O)c1ccc(N(C)C)cc1)OC(C)OCCOCCOC(=O)C=C. The summed E-state index contributed by atoms with van der Waals surface area (Å²) in [6.45, 7) is 9.94. The van der Waals surface area contributed by atoms with Gasteiger partial charge in [0.05, 0.1) is 51.8 Å². The molecular formula is C29H43NO12. The highest BCUT2D eigenvalue weighted by Crippen LogP contribution is 2.13. The Labute approximate surface area is 247 Å². The fraction of sp³-hybridized carbons (Fsp3) is 0.552. The zero-order chi connectivity index (χ0) is 31.0. The molecule has 236 valence electrons. The lowest BCUT2D eigenvalue weighted by Crippen LogP contribution is -2.32. The second-order valence-corrected chi connectivity index (χ2v) is 8.60. The van der Waals surface area contributed by atoms with Gasteiger partial charge in [-0.1, -0.05) is 13.2 Å². The van der Waals surface area contributed by atoms with Crippen LogP contribution in [-0.2, 0) is 52.2 Å². The first-order valence-corrected chi connectivity index (χ1v) is 13.4. The molecular weight excluding hydrogens is 554 g/mol. The van der Waals surface area contributed by atoms with Crippen LogP contribution >= 0.6 is 0 Å². The quantitative estimate of drug-likeness (QED) is 0.0535. The Hall–Kier alpha value is -3.33. The maximum Gasteiger partial charge on any atom is 0.338 e. The number of esters is 3. The van der Waals surface area contributed by atoms with Gasteiger partial charge in [0.2, 0.25) is 0 Å². The molecule has 0 fully saturated rings. The zero-order valence-corrected chi connectivity index (χ0v) is 24.7. The second kappa shape index (κ2) is 23.3. The maximum absolute atomic E-state index is 12.6. The van der Waals surface area contributed by atoms with Crippen molar-refractivity contribution in [1.29, 1.82) is 0 Å². The first-order valence-electron chi connectivity index (χ1n) is 13.4. The molecule has 0 aromatic heterocycles. The van der Waals surface area contributed by atoms with Crippen molar-refractivity contribution in [2.75, 3.05) is 91.9 Å². The lowest BCUT2D eigenvalue weighted by molar-refractivity contribution is -0.194. The minimum absolute atomic E-state index is 0.0475. The first-order chi connectivity index (χ1) is 20.3. The van der Waals surface area contributed by atoms with Crippen LogP contribution in [0.1, 0.15) is 17.3 Å². The maximum atomic E-state index is 12.6. The highest BCUT2D eigenvalue weighted by atomic mass is 16.7. The van der Waals surface area contributed by atoms with Gasteiger partial charge in [-0.25, -0.2) is 14.4 Å². The average molecular weight is 598 g/mol. The molecule has 2 atom stereocenters. The van der Waals surface area contributed by atoms with E-state index in [1.165, 1.54) is 0 Å². The summed E-state index contributed by atoms with van der Waals surface area (Å²) in [5, 5.41) is 0. The number of carbonyl (C=O) groups excluding carboxylic acids is 3. The predicted molar refractivity (Wildman–Crippen MR) is 152 cm³/mol. The van der Waals surface area contributed by atoms with Gasteiger partial charge in [0.25, 0.3) is 0 Å². The molecule has 1 aromatic rings. The molecule has 13 heteroatoms. The Morgan fingerprint density at radius 2 is 1.29 bits per heavy atom. The molecule has 13 nitrogen and oxygen atoms in total. The van der Waals surface area contributed by atoms with E-state index in [9.17, 15) is 14.4 Å². The van der Waals surface area contributed by atoms with Gasteiger partial charge < -0.3 is 47.5 Å². The van der Waals surface area contributed by atoms with E-state index in [0.717, 1.165) is 17.8 Å². The molecule has 42 heavy (non-hydrogen) atoms. The van der Waals surface area contributed by atoms with Gasteiger partial charge in [-0.2, -0.15) is 0 Å². The highest BCUT2D eigenvalue weighted by Gasteiger charge is 2.18. The van der Waals surface area contributed by atoms with Crippen LogP contribution in [0.2, 0.25) is 0 Å². The van der Waals surface area contributed by atoms with E-state index in [0.29, 0.717) is 5.56 Å². The van der Waals surface area contributed by atoms with Gasteiger partial charge in [-0.3, -0.25) is 0 Å². The molecule has 0 N–H and O–H groups in total. The minimum atomic E-state index is -0.664. The summed E-state index contributed by atoms with van der Waals surface area (Å²) in [6.07, 6.45) is 0.846. The summed E-state index contributed by atoms with van der Waals surface area (Å²) >= 11 is 0. The topological polar surface area (TPSA) is 138 Å². The van der Waals surface area contributed by atoms with Crippen molar-refractivity contribution in [2.45, 2.75) is 19.3 Å². The Kier molecular flexibility index (Phi) is 20.3. The van der Waals surface area contributed by atoms with Gasteiger partial charge >= 0.3 is 17.9 Å². The van der Waals surface area contributed by atoms with Crippen LogP contribution in [0.4, 0.5) is 5.69 Å². The van der Waals surface area contributed by atoms with Gasteiger partial charge in [0.15, 0.2) is 6.29 Å². The van der Waals surface area contributed by atoms with Crippen LogP contribution in [0.25, 0.3) is 0 Å².